The topological polar surface area (TPSA) is 96.6 Å². The number of ether oxygens (including phenoxy) is 5. The predicted octanol–water partition coefficient (Wildman–Crippen LogP) is 5.16. The number of rotatable bonds is 11. The Morgan fingerprint density at radius 1 is 0.727 bits per heavy atom. The molecule has 0 radical (unpaired) electrons. The van der Waals surface area contributed by atoms with Crippen LogP contribution in [0.15, 0.2) is 33.5 Å². The van der Waals surface area contributed by atoms with E-state index in [2.05, 4.69) is 0 Å². The van der Waals surface area contributed by atoms with E-state index in [9.17, 15) is 9.90 Å². The second-order valence-corrected chi connectivity index (χ2v) is 6.84. The molecule has 1 aromatic heterocycles. The van der Waals surface area contributed by atoms with Crippen molar-refractivity contribution in [3.63, 3.8) is 0 Å². The Kier molecular flexibility index (Phi) is 7.92. The highest BCUT2D eigenvalue weighted by Gasteiger charge is 2.28. The molecule has 3 aromatic rings. The van der Waals surface area contributed by atoms with E-state index in [4.69, 9.17) is 28.1 Å². The van der Waals surface area contributed by atoms with Crippen LogP contribution in [0.2, 0.25) is 0 Å². The zero-order valence-corrected chi connectivity index (χ0v) is 19.6. The number of phenolic OH excluding ortho intramolecular Hbond substituents is 1. The molecule has 1 N–H and O–H groups in total. The SMILES string of the molecule is CCOc1cc(-c2cc(=O)c3c(OCC)c(OCC)c(OCC)c(OCC)c3o2)ccc1O. The quantitative estimate of drug-likeness (QED) is 0.421. The third kappa shape index (κ3) is 4.79. The van der Waals surface area contributed by atoms with Gasteiger partial charge in [0, 0.05) is 11.6 Å². The summed E-state index contributed by atoms with van der Waals surface area (Å²) >= 11 is 0. The van der Waals surface area contributed by atoms with Crippen LogP contribution in [0, 0.1) is 0 Å². The lowest BCUT2D eigenvalue weighted by Crippen LogP contribution is -2.10. The average Bonchev–Trinajstić information content (AvgIpc) is 2.79. The lowest BCUT2D eigenvalue weighted by Gasteiger charge is -2.20. The van der Waals surface area contributed by atoms with E-state index in [1.807, 2.05) is 34.6 Å². The zero-order valence-electron chi connectivity index (χ0n) is 19.6. The van der Waals surface area contributed by atoms with Crippen molar-refractivity contribution in [2.24, 2.45) is 0 Å². The van der Waals surface area contributed by atoms with Crippen LogP contribution in [0.4, 0.5) is 0 Å². The number of fused-ring (bicyclic) bond motifs is 1. The number of hydrogen-bond acceptors (Lipinski definition) is 8. The fraction of sp³-hybridized carbons (Fsp3) is 0.400. The van der Waals surface area contributed by atoms with E-state index in [1.165, 1.54) is 12.1 Å². The zero-order chi connectivity index (χ0) is 24.0. The van der Waals surface area contributed by atoms with Gasteiger partial charge >= 0.3 is 0 Å². The smallest absolute Gasteiger partial charge is 0.211 e. The van der Waals surface area contributed by atoms with Crippen LogP contribution in [0.3, 0.4) is 0 Å². The minimum Gasteiger partial charge on any atom is -0.504 e. The van der Waals surface area contributed by atoms with Crippen LogP contribution in [0.5, 0.6) is 34.5 Å². The second kappa shape index (κ2) is 10.8. The Morgan fingerprint density at radius 2 is 1.27 bits per heavy atom. The number of benzene rings is 2. The first-order valence-electron chi connectivity index (χ1n) is 11.2. The van der Waals surface area contributed by atoms with Crippen molar-refractivity contribution in [1.29, 1.82) is 0 Å². The number of aromatic hydroxyl groups is 1. The van der Waals surface area contributed by atoms with Crippen LogP contribution < -0.4 is 29.1 Å². The molecule has 2 aromatic carbocycles. The van der Waals surface area contributed by atoms with Gasteiger partial charge in [-0.15, -0.1) is 0 Å². The molecule has 0 spiro atoms. The van der Waals surface area contributed by atoms with Gasteiger partial charge in [0.25, 0.3) is 0 Å². The van der Waals surface area contributed by atoms with Crippen LogP contribution in [0.1, 0.15) is 34.6 Å². The van der Waals surface area contributed by atoms with Crippen molar-refractivity contribution in [3.05, 3.63) is 34.5 Å². The third-order valence-corrected chi connectivity index (χ3v) is 4.70. The first-order chi connectivity index (χ1) is 16.0. The summed E-state index contributed by atoms with van der Waals surface area (Å²) in [4.78, 5) is 13.4. The lowest BCUT2D eigenvalue weighted by atomic mass is 10.1. The molecule has 8 nitrogen and oxygen atoms in total. The van der Waals surface area contributed by atoms with E-state index in [0.717, 1.165) is 0 Å². The van der Waals surface area contributed by atoms with Gasteiger partial charge in [0.15, 0.2) is 28.3 Å². The van der Waals surface area contributed by atoms with Crippen molar-refractivity contribution in [2.75, 3.05) is 33.0 Å². The first kappa shape index (κ1) is 24.1. The summed E-state index contributed by atoms with van der Waals surface area (Å²) in [5.74, 6) is 1.71. The van der Waals surface area contributed by atoms with Crippen LogP contribution >= 0.6 is 0 Å². The van der Waals surface area contributed by atoms with E-state index in [1.54, 1.807) is 12.1 Å². The average molecular weight is 459 g/mol. The first-order valence-corrected chi connectivity index (χ1v) is 11.2. The summed E-state index contributed by atoms with van der Waals surface area (Å²) in [5.41, 5.74) is 0.425. The van der Waals surface area contributed by atoms with Crippen molar-refractivity contribution >= 4 is 11.0 Å². The molecule has 0 amide bonds. The maximum Gasteiger partial charge on any atom is 0.211 e. The van der Waals surface area contributed by atoms with E-state index >= 15 is 0 Å². The Morgan fingerprint density at radius 3 is 1.88 bits per heavy atom. The minimum atomic E-state index is -0.328. The summed E-state index contributed by atoms with van der Waals surface area (Å²) < 4.78 is 35.1. The normalized spacial score (nSPS) is 10.8. The van der Waals surface area contributed by atoms with Gasteiger partial charge in [-0.05, 0) is 52.8 Å². The Balaban J connectivity index is 2.39. The largest absolute Gasteiger partial charge is 0.504 e. The van der Waals surface area contributed by atoms with E-state index in [0.29, 0.717) is 55.8 Å². The van der Waals surface area contributed by atoms with E-state index < -0.39 is 0 Å². The maximum absolute atomic E-state index is 13.4. The summed E-state index contributed by atoms with van der Waals surface area (Å²) in [5, 5.41) is 10.2. The highest BCUT2D eigenvalue weighted by Crippen LogP contribution is 2.51. The fourth-order valence-electron chi connectivity index (χ4n) is 3.48. The van der Waals surface area contributed by atoms with Crippen molar-refractivity contribution in [3.8, 4) is 45.8 Å². The molecule has 0 bridgehead atoms. The summed E-state index contributed by atoms with van der Waals surface area (Å²) in [6.07, 6.45) is 0. The van der Waals surface area contributed by atoms with Gasteiger partial charge in [-0.25, -0.2) is 0 Å². The minimum absolute atomic E-state index is 0.00244. The Bertz CT molecular complexity index is 1170. The van der Waals surface area contributed by atoms with Crippen molar-refractivity contribution < 1.29 is 33.2 Å². The van der Waals surface area contributed by atoms with Crippen molar-refractivity contribution in [2.45, 2.75) is 34.6 Å². The molecule has 1 heterocycles. The molecule has 0 unspecified atom stereocenters. The van der Waals surface area contributed by atoms with E-state index in [-0.39, 0.29) is 39.4 Å². The highest BCUT2D eigenvalue weighted by atomic mass is 16.6. The second-order valence-electron chi connectivity index (χ2n) is 6.84. The molecule has 0 aliphatic heterocycles. The molecule has 0 fully saturated rings. The molecule has 3 rings (SSSR count). The number of hydrogen-bond donors (Lipinski definition) is 1. The standard InChI is InChI=1S/C25H30O8/c1-6-28-19-13-15(11-12-16(19)26)18-14-17(27)20-21(29-7-2)23(30-8-3)25(32-10-5)24(31-9-4)22(20)33-18/h11-14,26H,6-10H2,1-5H3. The molecule has 33 heavy (non-hydrogen) atoms. The van der Waals surface area contributed by atoms with Gasteiger partial charge in [-0.1, -0.05) is 0 Å². The van der Waals surface area contributed by atoms with Gasteiger partial charge in [0.05, 0.1) is 33.0 Å². The lowest BCUT2D eigenvalue weighted by molar-refractivity contribution is 0.245. The van der Waals surface area contributed by atoms with Crippen molar-refractivity contribution in [1.82, 2.24) is 0 Å². The van der Waals surface area contributed by atoms with Gasteiger partial charge in [0.2, 0.25) is 17.2 Å². The molecule has 0 saturated heterocycles. The maximum atomic E-state index is 13.4. The summed E-state index contributed by atoms with van der Waals surface area (Å²) in [7, 11) is 0. The Labute approximate surface area is 192 Å². The van der Waals surface area contributed by atoms with Gasteiger partial charge in [-0.3, -0.25) is 4.79 Å². The van der Waals surface area contributed by atoms with Crippen LogP contribution in [-0.2, 0) is 0 Å². The highest BCUT2D eigenvalue weighted by molar-refractivity contribution is 5.95. The number of phenols is 1. The molecule has 0 aliphatic rings. The molecule has 0 saturated carbocycles. The fourth-order valence-corrected chi connectivity index (χ4v) is 3.48. The molecule has 178 valence electrons. The van der Waals surface area contributed by atoms with Gasteiger partial charge in [0.1, 0.15) is 11.1 Å². The van der Waals surface area contributed by atoms with Crippen LogP contribution in [0.25, 0.3) is 22.3 Å². The Hall–Kier alpha value is -3.55. The predicted molar refractivity (Wildman–Crippen MR) is 125 cm³/mol. The van der Waals surface area contributed by atoms with Gasteiger partial charge in [-0.2, -0.15) is 0 Å². The monoisotopic (exact) mass is 458 g/mol. The van der Waals surface area contributed by atoms with Gasteiger partial charge < -0.3 is 33.2 Å². The summed E-state index contributed by atoms with van der Waals surface area (Å²) in [6, 6.07) is 6.12. The summed E-state index contributed by atoms with van der Waals surface area (Å²) in [6.45, 7) is 10.8. The molecule has 0 atom stereocenters. The molecular formula is C25H30O8. The molecule has 8 heteroatoms. The molecule has 0 aliphatic carbocycles. The molecular weight excluding hydrogens is 428 g/mol. The van der Waals surface area contributed by atoms with Crippen LogP contribution in [-0.4, -0.2) is 38.1 Å². The third-order valence-electron chi connectivity index (χ3n) is 4.70.